The van der Waals surface area contributed by atoms with Gasteiger partial charge >= 0.3 is 0 Å². The molecule has 106 valence electrons. The van der Waals surface area contributed by atoms with Crippen molar-refractivity contribution < 1.29 is 8.78 Å². The van der Waals surface area contributed by atoms with Crippen molar-refractivity contribution in [3.8, 4) is 0 Å². The minimum atomic E-state index is -0.901. The predicted octanol–water partition coefficient (Wildman–Crippen LogP) is 3.26. The third-order valence-corrected chi connectivity index (χ3v) is 3.49. The second-order valence-electron chi connectivity index (χ2n) is 4.88. The van der Waals surface area contributed by atoms with Crippen molar-refractivity contribution in [2.75, 3.05) is 0 Å². The Morgan fingerprint density at radius 3 is 2.43 bits per heavy atom. The van der Waals surface area contributed by atoms with Crippen LogP contribution in [0, 0.1) is 18.6 Å². The summed E-state index contributed by atoms with van der Waals surface area (Å²) in [5, 5.41) is 0. The fourth-order valence-corrected chi connectivity index (χ4v) is 2.25. The zero-order valence-corrected chi connectivity index (χ0v) is 11.3. The first-order valence-corrected chi connectivity index (χ1v) is 6.48. The van der Waals surface area contributed by atoms with Crippen molar-refractivity contribution in [2.24, 2.45) is 5.73 Å². The first-order valence-electron chi connectivity index (χ1n) is 6.48. The van der Waals surface area contributed by atoms with Gasteiger partial charge in [0.2, 0.25) is 0 Å². The summed E-state index contributed by atoms with van der Waals surface area (Å²) in [5.74, 6) is -1.76. The van der Waals surface area contributed by atoms with Crippen LogP contribution in [-0.2, 0) is 0 Å². The zero-order valence-electron chi connectivity index (χ0n) is 11.3. The monoisotopic (exact) mass is 285 g/mol. The summed E-state index contributed by atoms with van der Waals surface area (Å²) in [5.41, 5.74) is 8.50. The maximum absolute atomic E-state index is 14.0. The fraction of sp³-hybridized carbons (Fsp3) is 0.125. The Morgan fingerprint density at radius 1 is 0.952 bits per heavy atom. The molecule has 3 nitrogen and oxygen atoms in total. The summed E-state index contributed by atoms with van der Waals surface area (Å²) in [4.78, 5) is 8.35. The number of aromatic nitrogens is 2. The maximum atomic E-state index is 14.0. The lowest BCUT2D eigenvalue weighted by molar-refractivity contribution is 0.489. The van der Waals surface area contributed by atoms with Gasteiger partial charge in [0.25, 0.3) is 0 Å². The summed E-state index contributed by atoms with van der Waals surface area (Å²) in [6, 6.07) is 7.53. The second kappa shape index (κ2) is 5.18. The van der Waals surface area contributed by atoms with E-state index in [0.29, 0.717) is 11.1 Å². The molecule has 5 heteroatoms. The molecule has 1 aromatic heterocycles. The van der Waals surface area contributed by atoms with Gasteiger partial charge in [-0.2, -0.15) is 0 Å². The number of hydrogen-bond donors (Lipinski definition) is 1. The molecule has 0 amide bonds. The summed E-state index contributed by atoms with van der Waals surface area (Å²) in [7, 11) is 0. The lowest BCUT2D eigenvalue weighted by Crippen LogP contribution is -2.15. The van der Waals surface area contributed by atoms with Gasteiger partial charge in [0.1, 0.15) is 0 Å². The third kappa shape index (κ3) is 2.36. The summed E-state index contributed by atoms with van der Waals surface area (Å²) in [6.07, 6.45) is 3.17. The van der Waals surface area contributed by atoms with Gasteiger partial charge < -0.3 is 5.73 Å². The van der Waals surface area contributed by atoms with Crippen LogP contribution in [0.4, 0.5) is 8.78 Å². The highest BCUT2D eigenvalue weighted by molar-refractivity contribution is 5.74. The van der Waals surface area contributed by atoms with Crippen LogP contribution in [0.2, 0.25) is 0 Å². The van der Waals surface area contributed by atoms with E-state index in [9.17, 15) is 8.78 Å². The lowest BCUT2D eigenvalue weighted by Gasteiger charge is -2.15. The third-order valence-electron chi connectivity index (χ3n) is 3.49. The van der Waals surface area contributed by atoms with Gasteiger partial charge in [-0.1, -0.05) is 18.2 Å². The van der Waals surface area contributed by atoms with E-state index in [0.717, 1.165) is 5.52 Å². The molecule has 1 unspecified atom stereocenters. The molecule has 0 saturated heterocycles. The van der Waals surface area contributed by atoms with Gasteiger partial charge in [-0.05, 0) is 30.2 Å². The molecule has 0 aliphatic heterocycles. The molecular weight excluding hydrogens is 272 g/mol. The summed E-state index contributed by atoms with van der Waals surface area (Å²) >= 11 is 0. The van der Waals surface area contributed by atoms with Crippen LogP contribution < -0.4 is 5.73 Å². The first kappa shape index (κ1) is 13.6. The molecule has 0 spiro atoms. The molecule has 0 radical (unpaired) electrons. The smallest absolute Gasteiger partial charge is 0.164 e. The number of fused-ring (bicyclic) bond motifs is 1. The Kier molecular flexibility index (Phi) is 3.35. The van der Waals surface area contributed by atoms with Gasteiger partial charge in [0, 0.05) is 18.0 Å². The molecule has 2 aromatic carbocycles. The highest BCUT2D eigenvalue weighted by Crippen LogP contribution is 2.26. The summed E-state index contributed by atoms with van der Waals surface area (Å²) < 4.78 is 27.7. The normalized spacial score (nSPS) is 12.6. The van der Waals surface area contributed by atoms with Crippen LogP contribution in [0.5, 0.6) is 0 Å². The van der Waals surface area contributed by atoms with Crippen LogP contribution in [0.15, 0.2) is 42.7 Å². The highest BCUT2D eigenvalue weighted by atomic mass is 19.2. The van der Waals surface area contributed by atoms with Crippen molar-refractivity contribution in [3.63, 3.8) is 0 Å². The molecule has 0 aliphatic rings. The van der Waals surface area contributed by atoms with E-state index in [4.69, 9.17) is 5.73 Å². The van der Waals surface area contributed by atoms with Crippen LogP contribution in [-0.4, -0.2) is 9.97 Å². The van der Waals surface area contributed by atoms with Gasteiger partial charge in [0.05, 0.1) is 17.1 Å². The number of nitrogens with two attached hydrogens (primary N) is 1. The molecule has 1 atom stereocenters. The zero-order chi connectivity index (χ0) is 15.0. The lowest BCUT2D eigenvalue weighted by atomic mass is 9.97. The summed E-state index contributed by atoms with van der Waals surface area (Å²) in [6.45, 7) is 1.51. The van der Waals surface area contributed by atoms with E-state index >= 15 is 0 Å². The van der Waals surface area contributed by atoms with Gasteiger partial charge in [-0.3, -0.25) is 9.97 Å². The topological polar surface area (TPSA) is 51.8 Å². The Labute approximate surface area is 120 Å². The van der Waals surface area contributed by atoms with E-state index in [1.165, 1.54) is 19.1 Å². The maximum Gasteiger partial charge on any atom is 0.164 e. The molecule has 2 N–H and O–H groups in total. The number of rotatable bonds is 2. The highest BCUT2D eigenvalue weighted by Gasteiger charge is 2.18. The quantitative estimate of drug-likeness (QED) is 0.786. The molecule has 3 rings (SSSR count). The van der Waals surface area contributed by atoms with Crippen molar-refractivity contribution in [1.29, 1.82) is 0 Å². The molecule has 0 bridgehead atoms. The predicted molar refractivity (Wildman–Crippen MR) is 76.7 cm³/mol. The van der Waals surface area contributed by atoms with Crippen LogP contribution in [0.3, 0.4) is 0 Å². The van der Waals surface area contributed by atoms with Crippen molar-refractivity contribution >= 4 is 11.0 Å². The Morgan fingerprint density at radius 2 is 1.67 bits per heavy atom. The van der Waals surface area contributed by atoms with Gasteiger partial charge in [-0.15, -0.1) is 0 Å². The average molecular weight is 285 g/mol. The average Bonchev–Trinajstić information content (AvgIpc) is 2.52. The number of halogens is 2. The Hall–Kier alpha value is -2.40. The number of hydrogen-bond acceptors (Lipinski definition) is 3. The minimum Gasteiger partial charge on any atom is -0.320 e. The van der Waals surface area contributed by atoms with E-state index in [1.807, 2.05) is 0 Å². The van der Waals surface area contributed by atoms with Crippen molar-refractivity contribution in [1.82, 2.24) is 9.97 Å². The number of nitrogens with zero attached hydrogens (tertiary/aromatic N) is 2. The van der Waals surface area contributed by atoms with Crippen LogP contribution in [0.1, 0.15) is 22.7 Å². The van der Waals surface area contributed by atoms with E-state index in [-0.39, 0.29) is 11.1 Å². The molecule has 1 heterocycles. The van der Waals surface area contributed by atoms with Crippen LogP contribution in [0.25, 0.3) is 11.0 Å². The second-order valence-corrected chi connectivity index (χ2v) is 4.88. The molecule has 3 aromatic rings. The van der Waals surface area contributed by atoms with Crippen molar-refractivity contribution in [3.05, 3.63) is 71.1 Å². The minimum absolute atomic E-state index is 0.126. The first-order chi connectivity index (χ1) is 10.1. The molecule has 21 heavy (non-hydrogen) atoms. The molecule has 0 saturated carbocycles. The van der Waals surface area contributed by atoms with Gasteiger partial charge in [-0.25, -0.2) is 8.78 Å². The fourth-order valence-electron chi connectivity index (χ4n) is 2.25. The SMILES string of the molecule is Cc1ccc(C(N)c2ccc3nccnc3c2)c(F)c1F. The van der Waals surface area contributed by atoms with Gasteiger partial charge in [0.15, 0.2) is 11.6 Å². The number of benzene rings is 2. The largest absolute Gasteiger partial charge is 0.320 e. The number of aryl methyl sites for hydroxylation is 1. The van der Waals surface area contributed by atoms with Crippen molar-refractivity contribution in [2.45, 2.75) is 13.0 Å². The Bertz CT molecular complexity index is 818. The van der Waals surface area contributed by atoms with E-state index in [1.54, 1.807) is 30.6 Å². The van der Waals surface area contributed by atoms with E-state index in [2.05, 4.69) is 9.97 Å². The molecule has 0 aliphatic carbocycles. The molecular formula is C16H13F2N3. The van der Waals surface area contributed by atoms with Crippen LogP contribution >= 0.6 is 0 Å². The van der Waals surface area contributed by atoms with E-state index < -0.39 is 17.7 Å². The Balaban J connectivity index is 2.08. The molecule has 0 fully saturated rings. The standard InChI is InChI=1S/C16H13F2N3/c1-9-2-4-11(15(18)14(9)17)16(19)10-3-5-12-13(8-10)21-7-6-20-12/h2-8,16H,19H2,1H3.